The zero-order chi connectivity index (χ0) is 26.5. The van der Waals surface area contributed by atoms with Crippen molar-refractivity contribution in [1.82, 2.24) is 24.5 Å². The van der Waals surface area contributed by atoms with Crippen LogP contribution in [0.15, 0.2) is 53.8 Å². The SMILES string of the molecule is Nc1nc2cc(-c3cnc4c(c3)C(=O)N(Cc3cc(OC(F)(F)F)ccc3F)CCS4(=O)=O)ccn2n1. The van der Waals surface area contributed by atoms with Gasteiger partial charge in [0.25, 0.3) is 5.91 Å². The number of carbonyl (C=O) groups is 1. The molecule has 0 bridgehead atoms. The Morgan fingerprint density at radius 3 is 2.65 bits per heavy atom. The number of ether oxygens (including phenoxy) is 1. The van der Waals surface area contributed by atoms with Gasteiger partial charge in [-0.2, -0.15) is 4.98 Å². The van der Waals surface area contributed by atoms with Gasteiger partial charge in [-0.15, -0.1) is 18.3 Å². The molecule has 0 saturated carbocycles. The number of benzene rings is 1. The third-order valence-electron chi connectivity index (χ3n) is 5.59. The first-order chi connectivity index (χ1) is 17.4. The highest BCUT2D eigenvalue weighted by Crippen LogP contribution is 2.29. The summed E-state index contributed by atoms with van der Waals surface area (Å²) in [6.07, 6.45) is -2.13. The topological polar surface area (TPSA) is 133 Å². The molecule has 1 aliphatic heterocycles. The Morgan fingerprint density at radius 1 is 1.11 bits per heavy atom. The second-order valence-corrected chi connectivity index (χ2v) is 10.1. The summed E-state index contributed by atoms with van der Waals surface area (Å²) in [5.41, 5.74) is 6.40. The van der Waals surface area contributed by atoms with Crippen LogP contribution in [0.3, 0.4) is 0 Å². The van der Waals surface area contributed by atoms with E-state index in [1.807, 2.05) is 0 Å². The lowest BCUT2D eigenvalue weighted by Gasteiger charge is -2.21. The molecule has 2 N–H and O–H groups in total. The predicted molar refractivity (Wildman–Crippen MR) is 121 cm³/mol. The van der Waals surface area contributed by atoms with E-state index in [9.17, 15) is 30.8 Å². The van der Waals surface area contributed by atoms with Crippen molar-refractivity contribution in [3.05, 3.63) is 65.7 Å². The molecule has 3 aromatic heterocycles. The van der Waals surface area contributed by atoms with Crippen LogP contribution in [0.25, 0.3) is 16.8 Å². The number of fused-ring (bicyclic) bond motifs is 2. The van der Waals surface area contributed by atoms with E-state index in [0.717, 1.165) is 23.1 Å². The van der Waals surface area contributed by atoms with Gasteiger partial charge in [-0.3, -0.25) is 4.79 Å². The van der Waals surface area contributed by atoms with Gasteiger partial charge in [-0.05, 0) is 42.0 Å². The van der Waals surface area contributed by atoms with E-state index in [2.05, 4.69) is 19.8 Å². The summed E-state index contributed by atoms with van der Waals surface area (Å²) in [6, 6.07) is 6.97. The maximum atomic E-state index is 14.4. The minimum absolute atomic E-state index is 0.0473. The number of anilines is 1. The van der Waals surface area contributed by atoms with Gasteiger partial charge >= 0.3 is 6.36 Å². The zero-order valence-electron chi connectivity index (χ0n) is 18.6. The molecule has 0 saturated heterocycles. The molecule has 0 aliphatic carbocycles. The number of alkyl halides is 3. The predicted octanol–water partition coefficient (Wildman–Crippen LogP) is 2.84. The van der Waals surface area contributed by atoms with Gasteiger partial charge < -0.3 is 15.4 Å². The van der Waals surface area contributed by atoms with Crippen LogP contribution in [-0.4, -0.2) is 57.5 Å². The maximum absolute atomic E-state index is 14.4. The van der Waals surface area contributed by atoms with Crippen LogP contribution in [-0.2, 0) is 16.4 Å². The Morgan fingerprint density at radius 2 is 1.89 bits per heavy atom. The molecule has 1 amide bonds. The lowest BCUT2D eigenvalue weighted by atomic mass is 10.1. The van der Waals surface area contributed by atoms with Gasteiger partial charge in [0.05, 0.1) is 11.3 Å². The van der Waals surface area contributed by atoms with E-state index >= 15 is 0 Å². The van der Waals surface area contributed by atoms with E-state index in [1.165, 1.54) is 16.8 Å². The maximum Gasteiger partial charge on any atom is 0.573 e. The summed E-state index contributed by atoms with van der Waals surface area (Å²) in [5, 5.41) is 3.53. The quantitative estimate of drug-likeness (QED) is 0.394. The first-order valence-corrected chi connectivity index (χ1v) is 12.2. The van der Waals surface area contributed by atoms with Gasteiger partial charge in [-0.1, -0.05) is 0 Å². The smallest absolute Gasteiger partial charge is 0.406 e. The number of hydrogen-bond donors (Lipinski definition) is 1. The van der Waals surface area contributed by atoms with Crippen LogP contribution in [0.4, 0.5) is 23.5 Å². The monoisotopic (exact) mass is 536 g/mol. The molecule has 4 heterocycles. The number of hydrogen-bond acceptors (Lipinski definition) is 8. The van der Waals surface area contributed by atoms with Gasteiger partial charge in [0.2, 0.25) is 5.95 Å². The number of nitrogen functional groups attached to an aromatic ring is 1. The van der Waals surface area contributed by atoms with E-state index < -0.39 is 51.0 Å². The van der Waals surface area contributed by atoms with Crippen molar-refractivity contribution < 1.29 is 35.5 Å². The number of pyridine rings is 2. The highest BCUT2D eigenvalue weighted by atomic mass is 32.2. The van der Waals surface area contributed by atoms with Crippen molar-refractivity contribution >= 4 is 27.3 Å². The lowest BCUT2D eigenvalue weighted by molar-refractivity contribution is -0.274. The molecule has 0 radical (unpaired) electrons. The van der Waals surface area contributed by atoms with Crippen molar-refractivity contribution in [3.63, 3.8) is 0 Å². The number of carbonyl (C=O) groups excluding carboxylic acids is 1. The fourth-order valence-electron chi connectivity index (χ4n) is 3.91. The summed E-state index contributed by atoms with van der Waals surface area (Å²) in [6.45, 7) is -0.828. The normalized spacial score (nSPS) is 15.5. The highest BCUT2D eigenvalue weighted by molar-refractivity contribution is 7.91. The van der Waals surface area contributed by atoms with Crippen molar-refractivity contribution in [2.45, 2.75) is 17.9 Å². The molecule has 1 aromatic carbocycles. The van der Waals surface area contributed by atoms with Crippen molar-refractivity contribution in [1.29, 1.82) is 0 Å². The molecule has 4 aromatic rings. The second kappa shape index (κ2) is 8.69. The van der Waals surface area contributed by atoms with Crippen LogP contribution in [0.1, 0.15) is 15.9 Å². The van der Waals surface area contributed by atoms with E-state index in [0.29, 0.717) is 16.8 Å². The molecule has 37 heavy (non-hydrogen) atoms. The van der Waals surface area contributed by atoms with Gasteiger partial charge in [-0.25, -0.2) is 22.3 Å². The number of rotatable bonds is 4. The molecule has 0 unspecified atom stereocenters. The molecule has 5 rings (SSSR count). The van der Waals surface area contributed by atoms with E-state index in [1.54, 1.807) is 18.3 Å². The Labute approximate surface area is 206 Å². The Hall–Kier alpha value is -4.27. The molecular formula is C22H16F4N6O4S. The summed E-state index contributed by atoms with van der Waals surface area (Å²) >= 11 is 0. The van der Waals surface area contributed by atoms with Gasteiger partial charge in [0.1, 0.15) is 11.6 Å². The first-order valence-electron chi connectivity index (χ1n) is 10.6. The third-order valence-corrected chi connectivity index (χ3v) is 7.23. The number of sulfone groups is 1. The Balaban J connectivity index is 1.52. The number of amides is 1. The number of nitrogens with zero attached hydrogens (tertiary/aromatic N) is 5. The third kappa shape index (κ3) is 4.89. The summed E-state index contributed by atoms with van der Waals surface area (Å²) in [5.74, 6) is -2.80. The number of nitrogens with two attached hydrogens (primary N) is 1. The molecule has 0 atom stereocenters. The van der Waals surface area contributed by atoms with Crippen molar-refractivity contribution in [2.75, 3.05) is 18.0 Å². The summed E-state index contributed by atoms with van der Waals surface area (Å²) in [4.78, 5) is 22.5. The minimum atomic E-state index is -5.00. The molecule has 0 fully saturated rings. The molecule has 15 heteroatoms. The lowest BCUT2D eigenvalue weighted by Crippen LogP contribution is -2.32. The fraction of sp³-hybridized carbons (Fsp3) is 0.182. The van der Waals surface area contributed by atoms with E-state index in [-0.39, 0.29) is 23.6 Å². The molecule has 1 aliphatic rings. The molecule has 192 valence electrons. The highest BCUT2D eigenvalue weighted by Gasteiger charge is 2.34. The van der Waals surface area contributed by atoms with Gasteiger partial charge in [0.15, 0.2) is 20.5 Å². The summed E-state index contributed by atoms with van der Waals surface area (Å²) in [7, 11) is -3.99. The second-order valence-electron chi connectivity index (χ2n) is 8.11. The first kappa shape index (κ1) is 24.4. The van der Waals surface area contributed by atoms with Crippen LogP contribution in [0.2, 0.25) is 0 Å². The standard InChI is InChI=1S/C22H16F4N6O4S/c23-17-2-1-15(36-22(24,25)26)7-14(17)11-31-5-6-37(34,35)19-16(20(31)33)8-13(10-28-19)12-3-4-32-18(9-12)29-21(27)30-32/h1-4,7-10H,5-6,11H2,(H2,27,30). The van der Waals surface area contributed by atoms with Crippen LogP contribution < -0.4 is 10.5 Å². The molecular weight excluding hydrogens is 520 g/mol. The zero-order valence-corrected chi connectivity index (χ0v) is 19.4. The van der Waals surface area contributed by atoms with Crippen molar-refractivity contribution in [3.8, 4) is 16.9 Å². The van der Waals surface area contributed by atoms with Crippen LogP contribution in [0, 0.1) is 5.82 Å². The fourth-order valence-corrected chi connectivity index (χ4v) is 5.26. The number of aromatic nitrogens is 4. The molecule has 0 spiro atoms. The average molecular weight is 536 g/mol. The molecule has 10 nitrogen and oxygen atoms in total. The average Bonchev–Trinajstić information content (AvgIpc) is 3.17. The summed E-state index contributed by atoms with van der Waals surface area (Å²) < 4.78 is 83.2. The Bertz CT molecular complexity index is 1650. The van der Waals surface area contributed by atoms with E-state index in [4.69, 9.17) is 5.73 Å². The minimum Gasteiger partial charge on any atom is -0.406 e. The Kier molecular flexibility index (Phi) is 5.73. The van der Waals surface area contributed by atoms with Crippen LogP contribution in [0.5, 0.6) is 5.75 Å². The van der Waals surface area contributed by atoms with Crippen molar-refractivity contribution in [2.24, 2.45) is 0 Å². The largest absolute Gasteiger partial charge is 0.573 e. The van der Waals surface area contributed by atoms with Gasteiger partial charge in [0, 0.05) is 36.6 Å². The number of halogens is 4. The van der Waals surface area contributed by atoms with Crippen LogP contribution >= 0.6 is 0 Å².